The normalized spacial score (nSPS) is 14.9. The molecule has 0 rings (SSSR count). The van der Waals surface area contributed by atoms with Crippen molar-refractivity contribution in [1.82, 2.24) is 0 Å². The molecule has 1 nitrogen and oxygen atoms in total. The second-order valence-corrected chi connectivity index (χ2v) is 1.96. The lowest BCUT2D eigenvalue weighted by Crippen LogP contribution is -1.90. The number of hydrogen-bond acceptors (Lipinski definition) is 1. The second kappa shape index (κ2) is 4.85. The highest BCUT2D eigenvalue weighted by Gasteiger charge is 1.81. The molecule has 0 fully saturated rings. The molecule has 0 heterocycles. The molecule has 8 heavy (non-hydrogen) atoms. The third kappa shape index (κ3) is 5.70. The van der Waals surface area contributed by atoms with E-state index in [1.807, 2.05) is 12.2 Å². The molecule has 0 aliphatic rings. The topological polar surface area (TPSA) is 20.2 Å². The molecular formula is C7H14O. The Bertz CT molecular complexity index is 64.8. The number of aliphatic hydroxyl groups excluding tert-OH is 1. The van der Waals surface area contributed by atoms with E-state index in [1.54, 1.807) is 6.92 Å². The van der Waals surface area contributed by atoms with Crippen molar-refractivity contribution in [3.8, 4) is 0 Å². The Morgan fingerprint density at radius 1 is 1.62 bits per heavy atom. The van der Waals surface area contributed by atoms with E-state index in [4.69, 9.17) is 5.11 Å². The summed E-state index contributed by atoms with van der Waals surface area (Å²) in [6.45, 7) is 3.87. The van der Waals surface area contributed by atoms with Crippen molar-refractivity contribution in [2.24, 2.45) is 0 Å². The average molecular weight is 114 g/mol. The van der Waals surface area contributed by atoms with Gasteiger partial charge in [0.15, 0.2) is 0 Å². The van der Waals surface area contributed by atoms with Crippen LogP contribution in [0.15, 0.2) is 12.2 Å². The number of allylic oxidation sites excluding steroid dienone is 1. The predicted octanol–water partition coefficient (Wildman–Crippen LogP) is 1.72. The smallest absolute Gasteiger partial charge is 0.0692 e. The molecule has 1 atom stereocenters. The molecule has 0 spiro atoms. The summed E-state index contributed by atoms with van der Waals surface area (Å²) in [6.07, 6.45) is 5.77. The van der Waals surface area contributed by atoms with Gasteiger partial charge in [-0.1, -0.05) is 25.5 Å². The summed E-state index contributed by atoms with van der Waals surface area (Å²) in [5.41, 5.74) is 0. The molecule has 0 bridgehead atoms. The van der Waals surface area contributed by atoms with Crippen LogP contribution < -0.4 is 0 Å². The van der Waals surface area contributed by atoms with Gasteiger partial charge in [0, 0.05) is 0 Å². The third-order valence-electron chi connectivity index (χ3n) is 0.870. The quantitative estimate of drug-likeness (QED) is 0.554. The summed E-state index contributed by atoms with van der Waals surface area (Å²) in [6, 6.07) is 0. The fourth-order valence-electron chi connectivity index (χ4n) is 0.460. The van der Waals surface area contributed by atoms with Crippen LogP contribution in [0, 0.1) is 0 Å². The predicted molar refractivity (Wildman–Crippen MR) is 35.7 cm³/mol. The lowest BCUT2D eigenvalue weighted by Gasteiger charge is -1.90. The van der Waals surface area contributed by atoms with E-state index >= 15 is 0 Å². The standard InChI is InChI=1S/C7H14O/c1-3-4-5-6-7(2)8/h5-8H,3-4H2,1-2H3/b6-5-. The molecule has 0 radical (unpaired) electrons. The van der Waals surface area contributed by atoms with Gasteiger partial charge in [-0.15, -0.1) is 0 Å². The van der Waals surface area contributed by atoms with Crippen molar-refractivity contribution in [3.05, 3.63) is 12.2 Å². The fourth-order valence-corrected chi connectivity index (χ4v) is 0.460. The second-order valence-electron chi connectivity index (χ2n) is 1.96. The number of unbranched alkanes of at least 4 members (excludes halogenated alkanes) is 1. The Morgan fingerprint density at radius 3 is 2.62 bits per heavy atom. The van der Waals surface area contributed by atoms with Crippen molar-refractivity contribution < 1.29 is 5.11 Å². The number of rotatable bonds is 3. The maximum atomic E-state index is 8.69. The van der Waals surface area contributed by atoms with E-state index in [9.17, 15) is 0 Å². The van der Waals surface area contributed by atoms with Gasteiger partial charge in [0.25, 0.3) is 0 Å². The number of hydrogen-bond donors (Lipinski definition) is 1. The first-order valence-corrected chi connectivity index (χ1v) is 3.12. The van der Waals surface area contributed by atoms with E-state index in [-0.39, 0.29) is 6.10 Å². The highest BCUT2D eigenvalue weighted by Crippen LogP contribution is 1.90. The molecule has 0 aliphatic carbocycles. The minimum absolute atomic E-state index is 0.276. The van der Waals surface area contributed by atoms with Crippen LogP contribution in [0.5, 0.6) is 0 Å². The summed E-state index contributed by atoms with van der Waals surface area (Å²) in [4.78, 5) is 0. The Labute approximate surface area is 51.0 Å². The maximum absolute atomic E-state index is 8.69. The van der Waals surface area contributed by atoms with Gasteiger partial charge in [-0.25, -0.2) is 0 Å². The summed E-state index contributed by atoms with van der Waals surface area (Å²) in [5.74, 6) is 0. The van der Waals surface area contributed by atoms with Gasteiger partial charge in [0.2, 0.25) is 0 Å². The zero-order valence-electron chi connectivity index (χ0n) is 5.59. The van der Waals surface area contributed by atoms with Crippen LogP contribution in [0.1, 0.15) is 26.7 Å². The molecule has 1 N–H and O–H groups in total. The van der Waals surface area contributed by atoms with Gasteiger partial charge in [-0.05, 0) is 13.3 Å². The largest absolute Gasteiger partial charge is 0.389 e. The SMILES string of the molecule is CCC/C=C\C(C)O. The van der Waals surface area contributed by atoms with Crippen molar-refractivity contribution in [1.29, 1.82) is 0 Å². The molecular weight excluding hydrogens is 100 g/mol. The van der Waals surface area contributed by atoms with Crippen molar-refractivity contribution in [2.75, 3.05) is 0 Å². The van der Waals surface area contributed by atoms with Crippen LogP contribution in [0.3, 0.4) is 0 Å². The molecule has 0 amide bonds. The van der Waals surface area contributed by atoms with E-state index in [0.29, 0.717) is 0 Å². The third-order valence-corrected chi connectivity index (χ3v) is 0.870. The van der Waals surface area contributed by atoms with Crippen LogP contribution in [0.2, 0.25) is 0 Å². The first-order valence-electron chi connectivity index (χ1n) is 3.12. The van der Waals surface area contributed by atoms with Gasteiger partial charge in [0.05, 0.1) is 6.10 Å². The Morgan fingerprint density at radius 2 is 2.25 bits per heavy atom. The molecule has 0 aliphatic heterocycles. The minimum Gasteiger partial charge on any atom is -0.389 e. The van der Waals surface area contributed by atoms with E-state index < -0.39 is 0 Å². The Balaban J connectivity index is 3.07. The summed E-state index contributed by atoms with van der Waals surface area (Å²) in [5, 5.41) is 8.69. The highest BCUT2D eigenvalue weighted by atomic mass is 16.3. The summed E-state index contributed by atoms with van der Waals surface area (Å²) >= 11 is 0. The highest BCUT2D eigenvalue weighted by molar-refractivity contribution is 4.85. The van der Waals surface area contributed by atoms with Gasteiger partial charge in [-0.2, -0.15) is 0 Å². The lowest BCUT2D eigenvalue weighted by atomic mass is 10.3. The van der Waals surface area contributed by atoms with Gasteiger partial charge < -0.3 is 5.11 Å². The van der Waals surface area contributed by atoms with E-state index in [0.717, 1.165) is 12.8 Å². The fraction of sp³-hybridized carbons (Fsp3) is 0.714. The number of aliphatic hydroxyl groups is 1. The first-order chi connectivity index (χ1) is 3.77. The average Bonchev–Trinajstić information content (AvgIpc) is 1.66. The summed E-state index contributed by atoms with van der Waals surface area (Å²) in [7, 11) is 0. The zero-order chi connectivity index (χ0) is 6.41. The molecule has 0 saturated heterocycles. The molecule has 1 heteroatoms. The van der Waals surface area contributed by atoms with Crippen molar-refractivity contribution in [3.63, 3.8) is 0 Å². The Hall–Kier alpha value is -0.300. The summed E-state index contributed by atoms with van der Waals surface area (Å²) < 4.78 is 0. The monoisotopic (exact) mass is 114 g/mol. The van der Waals surface area contributed by atoms with Crippen LogP contribution in [0.4, 0.5) is 0 Å². The molecule has 0 saturated carbocycles. The van der Waals surface area contributed by atoms with Crippen LogP contribution in [0.25, 0.3) is 0 Å². The van der Waals surface area contributed by atoms with Crippen molar-refractivity contribution >= 4 is 0 Å². The van der Waals surface area contributed by atoms with Crippen LogP contribution in [-0.2, 0) is 0 Å². The van der Waals surface area contributed by atoms with E-state index in [2.05, 4.69) is 6.92 Å². The molecule has 0 aromatic rings. The Kier molecular flexibility index (Phi) is 4.67. The van der Waals surface area contributed by atoms with Crippen molar-refractivity contribution in [2.45, 2.75) is 32.8 Å². The van der Waals surface area contributed by atoms with E-state index in [1.165, 1.54) is 0 Å². The molecule has 48 valence electrons. The lowest BCUT2D eigenvalue weighted by molar-refractivity contribution is 0.244. The van der Waals surface area contributed by atoms with Gasteiger partial charge in [0.1, 0.15) is 0 Å². The molecule has 0 aromatic carbocycles. The molecule has 1 unspecified atom stereocenters. The minimum atomic E-state index is -0.276. The van der Waals surface area contributed by atoms with Gasteiger partial charge in [-0.3, -0.25) is 0 Å². The van der Waals surface area contributed by atoms with Gasteiger partial charge >= 0.3 is 0 Å². The first kappa shape index (κ1) is 7.70. The molecule has 0 aromatic heterocycles. The van der Waals surface area contributed by atoms with Crippen LogP contribution in [-0.4, -0.2) is 11.2 Å². The maximum Gasteiger partial charge on any atom is 0.0692 e. The zero-order valence-corrected chi connectivity index (χ0v) is 5.59. The van der Waals surface area contributed by atoms with Crippen LogP contribution >= 0.6 is 0 Å².